The molecule has 23 heavy (non-hydrogen) atoms. The van der Waals surface area contributed by atoms with Gasteiger partial charge in [0.25, 0.3) is 0 Å². The molecule has 0 atom stereocenters. The first-order chi connectivity index (χ1) is 10.9. The predicted octanol–water partition coefficient (Wildman–Crippen LogP) is 1.97. The second kappa shape index (κ2) is 7.63. The number of hydrogen-bond acceptors (Lipinski definition) is 4. The molecule has 1 heterocycles. The maximum atomic E-state index is 14.0. The number of sulfonamides is 1. The third kappa shape index (κ3) is 4.57. The minimum absolute atomic E-state index is 0.103. The molecule has 0 spiro atoms. The molecule has 0 unspecified atom stereocenters. The maximum absolute atomic E-state index is 14.0. The smallest absolute Gasteiger partial charge is 0.246 e. The van der Waals surface area contributed by atoms with Gasteiger partial charge in [-0.25, -0.2) is 12.8 Å². The lowest BCUT2D eigenvalue weighted by Gasteiger charge is -2.23. The molecule has 2 aromatic rings. The molecule has 0 N–H and O–H groups in total. The van der Waals surface area contributed by atoms with Gasteiger partial charge in [0.05, 0.1) is 12.2 Å². The lowest BCUT2D eigenvalue weighted by molar-refractivity contribution is 0.326. The summed E-state index contributed by atoms with van der Waals surface area (Å²) in [5.74, 6) is -0.747. The van der Waals surface area contributed by atoms with Crippen molar-refractivity contribution in [3.8, 4) is 0 Å². The van der Waals surface area contributed by atoms with Gasteiger partial charge < -0.3 is 4.90 Å². The Morgan fingerprint density at radius 1 is 1.04 bits per heavy atom. The summed E-state index contributed by atoms with van der Waals surface area (Å²) in [7, 11) is -0.222. The Hall–Kier alpha value is -1.83. The molecule has 124 valence electrons. The third-order valence-corrected chi connectivity index (χ3v) is 5.19. The number of halogens is 1. The molecule has 1 aromatic carbocycles. The number of likely N-dealkylation sites (N-methyl/N-ethyl adjacent to an activating group) is 1. The van der Waals surface area contributed by atoms with Crippen molar-refractivity contribution in [2.45, 2.75) is 11.4 Å². The average molecular weight is 337 g/mol. The number of hydrogen-bond donors (Lipinski definition) is 0. The monoisotopic (exact) mass is 337 g/mol. The van der Waals surface area contributed by atoms with Crippen LogP contribution in [0.1, 0.15) is 5.69 Å². The molecular weight excluding hydrogens is 317 g/mol. The third-order valence-electron chi connectivity index (χ3n) is 3.32. The van der Waals surface area contributed by atoms with Gasteiger partial charge in [0.15, 0.2) is 0 Å². The standard InChI is InChI=1S/C16H20FN3O2S/c1-19(2)11-12-20(13-14-7-5-6-10-18-14)23(21,22)16-9-4-3-8-15(16)17/h3-10H,11-13H2,1-2H3. The highest BCUT2D eigenvalue weighted by atomic mass is 32.2. The SMILES string of the molecule is CN(C)CCN(Cc1ccccn1)S(=O)(=O)c1ccccc1F. The molecule has 0 aliphatic rings. The van der Waals surface area contributed by atoms with Crippen molar-refractivity contribution < 1.29 is 12.8 Å². The Morgan fingerprint density at radius 2 is 1.74 bits per heavy atom. The molecule has 5 nitrogen and oxygen atoms in total. The molecule has 0 aliphatic heterocycles. The molecule has 0 fully saturated rings. The van der Waals surface area contributed by atoms with Gasteiger partial charge in [0.1, 0.15) is 10.7 Å². The fourth-order valence-corrected chi connectivity index (χ4v) is 3.53. The highest BCUT2D eigenvalue weighted by molar-refractivity contribution is 7.89. The van der Waals surface area contributed by atoms with E-state index in [1.807, 2.05) is 19.0 Å². The van der Waals surface area contributed by atoms with Gasteiger partial charge in [0.2, 0.25) is 10.0 Å². The normalized spacial score (nSPS) is 12.0. The number of nitrogens with zero attached hydrogens (tertiary/aromatic N) is 3. The lowest BCUT2D eigenvalue weighted by atomic mass is 10.3. The first-order valence-corrected chi connectivity index (χ1v) is 8.64. The molecule has 7 heteroatoms. The summed E-state index contributed by atoms with van der Waals surface area (Å²) in [6.45, 7) is 0.881. The Morgan fingerprint density at radius 3 is 2.35 bits per heavy atom. The summed E-state index contributed by atoms with van der Waals surface area (Å²) in [5.41, 5.74) is 0.617. The Balaban J connectivity index is 2.34. The van der Waals surface area contributed by atoms with Crippen LogP contribution >= 0.6 is 0 Å². The van der Waals surface area contributed by atoms with Crippen LogP contribution in [0.5, 0.6) is 0 Å². The van der Waals surface area contributed by atoms with Crippen LogP contribution in [-0.2, 0) is 16.6 Å². The second-order valence-corrected chi connectivity index (χ2v) is 7.30. The van der Waals surface area contributed by atoms with E-state index >= 15 is 0 Å². The quantitative estimate of drug-likeness (QED) is 0.775. The molecule has 0 radical (unpaired) electrons. The van der Waals surface area contributed by atoms with Gasteiger partial charge in [0, 0.05) is 19.3 Å². The van der Waals surface area contributed by atoms with Crippen LogP contribution in [0.25, 0.3) is 0 Å². The lowest BCUT2D eigenvalue weighted by Crippen LogP contribution is -2.36. The summed E-state index contributed by atoms with van der Waals surface area (Å²) in [5, 5.41) is 0. The average Bonchev–Trinajstić information content (AvgIpc) is 2.52. The Bertz CT molecular complexity index is 736. The van der Waals surface area contributed by atoms with Gasteiger partial charge >= 0.3 is 0 Å². The fraction of sp³-hybridized carbons (Fsp3) is 0.312. The highest BCUT2D eigenvalue weighted by Gasteiger charge is 2.27. The van der Waals surface area contributed by atoms with Gasteiger partial charge in [-0.15, -0.1) is 0 Å². The van der Waals surface area contributed by atoms with Crippen molar-refractivity contribution in [3.05, 3.63) is 60.2 Å². The number of benzene rings is 1. The fourth-order valence-electron chi connectivity index (χ4n) is 2.06. The van der Waals surface area contributed by atoms with Crippen molar-refractivity contribution in [1.82, 2.24) is 14.2 Å². The zero-order valence-corrected chi connectivity index (χ0v) is 14.0. The topological polar surface area (TPSA) is 53.5 Å². The predicted molar refractivity (Wildman–Crippen MR) is 86.8 cm³/mol. The van der Waals surface area contributed by atoms with E-state index in [0.29, 0.717) is 12.2 Å². The van der Waals surface area contributed by atoms with E-state index in [-0.39, 0.29) is 18.0 Å². The minimum atomic E-state index is -3.93. The number of pyridine rings is 1. The summed E-state index contributed by atoms with van der Waals surface area (Å²) in [4.78, 5) is 5.73. The summed E-state index contributed by atoms with van der Waals surface area (Å²) in [6, 6.07) is 10.7. The van der Waals surface area contributed by atoms with Crippen molar-refractivity contribution in [1.29, 1.82) is 0 Å². The van der Waals surface area contributed by atoms with E-state index in [0.717, 1.165) is 6.07 Å². The molecule has 0 saturated carbocycles. The van der Waals surface area contributed by atoms with Gasteiger partial charge in [-0.2, -0.15) is 4.31 Å². The van der Waals surface area contributed by atoms with E-state index in [4.69, 9.17) is 0 Å². The van der Waals surface area contributed by atoms with Crippen molar-refractivity contribution >= 4 is 10.0 Å². The van der Waals surface area contributed by atoms with E-state index < -0.39 is 15.8 Å². The zero-order valence-electron chi connectivity index (χ0n) is 13.2. The number of rotatable bonds is 7. The highest BCUT2D eigenvalue weighted by Crippen LogP contribution is 2.20. The summed E-state index contributed by atoms with van der Waals surface area (Å²) >= 11 is 0. The maximum Gasteiger partial charge on any atom is 0.246 e. The minimum Gasteiger partial charge on any atom is -0.308 e. The van der Waals surface area contributed by atoms with E-state index in [1.165, 1.54) is 22.5 Å². The molecule has 1 aromatic heterocycles. The molecule has 2 rings (SSSR count). The zero-order chi connectivity index (χ0) is 16.9. The largest absolute Gasteiger partial charge is 0.308 e. The van der Waals surface area contributed by atoms with Gasteiger partial charge in [-0.3, -0.25) is 4.98 Å². The van der Waals surface area contributed by atoms with E-state index in [9.17, 15) is 12.8 Å². The van der Waals surface area contributed by atoms with Crippen LogP contribution in [-0.4, -0.2) is 49.8 Å². The number of aromatic nitrogens is 1. The van der Waals surface area contributed by atoms with Crippen LogP contribution in [0.4, 0.5) is 4.39 Å². The van der Waals surface area contributed by atoms with Crippen LogP contribution in [0.15, 0.2) is 53.6 Å². The first-order valence-electron chi connectivity index (χ1n) is 7.20. The first kappa shape index (κ1) is 17.5. The summed E-state index contributed by atoms with van der Waals surface area (Å²) < 4.78 is 40.8. The Kier molecular flexibility index (Phi) is 5.81. The van der Waals surface area contributed by atoms with Crippen LogP contribution < -0.4 is 0 Å². The van der Waals surface area contributed by atoms with Crippen LogP contribution in [0.2, 0.25) is 0 Å². The van der Waals surface area contributed by atoms with Crippen molar-refractivity contribution in [2.75, 3.05) is 27.2 Å². The van der Waals surface area contributed by atoms with Crippen molar-refractivity contribution in [3.63, 3.8) is 0 Å². The van der Waals surface area contributed by atoms with Crippen LogP contribution in [0, 0.1) is 5.82 Å². The molecule has 0 bridgehead atoms. The van der Waals surface area contributed by atoms with Gasteiger partial charge in [-0.05, 0) is 38.4 Å². The van der Waals surface area contributed by atoms with E-state index in [1.54, 1.807) is 24.4 Å². The van der Waals surface area contributed by atoms with Crippen LogP contribution in [0.3, 0.4) is 0 Å². The van der Waals surface area contributed by atoms with Crippen molar-refractivity contribution in [2.24, 2.45) is 0 Å². The van der Waals surface area contributed by atoms with E-state index in [2.05, 4.69) is 4.98 Å². The molecule has 0 aliphatic carbocycles. The van der Waals surface area contributed by atoms with Gasteiger partial charge in [-0.1, -0.05) is 18.2 Å². The molecular formula is C16H20FN3O2S. The second-order valence-electron chi connectivity index (χ2n) is 5.39. The summed E-state index contributed by atoms with van der Waals surface area (Å²) in [6.07, 6.45) is 1.61. The Labute approximate surface area is 136 Å². The molecule has 0 amide bonds. The molecule has 0 saturated heterocycles.